The first-order valence-corrected chi connectivity index (χ1v) is 6.86. The second kappa shape index (κ2) is 4.79. The van der Waals surface area contributed by atoms with Gasteiger partial charge in [-0.25, -0.2) is 8.42 Å². The van der Waals surface area contributed by atoms with Gasteiger partial charge in [-0.3, -0.25) is 0 Å². The molecule has 0 N–H and O–H groups in total. The lowest BCUT2D eigenvalue weighted by Crippen LogP contribution is -2.13. The number of sulfone groups is 1. The zero-order valence-corrected chi connectivity index (χ0v) is 10.3. The monoisotopic (exact) mass is 226 g/mol. The molecule has 1 aromatic carbocycles. The minimum atomic E-state index is -3.11. The zero-order valence-electron chi connectivity index (χ0n) is 9.53. The van der Waals surface area contributed by atoms with Crippen LogP contribution < -0.4 is 0 Å². The topological polar surface area (TPSA) is 34.1 Å². The zero-order chi connectivity index (χ0) is 11.5. The Hall–Kier alpha value is -0.830. The SMILES string of the molecule is CCCc1ccc(S(=O)(=O)C(C)C)cc1. The number of rotatable bonds is 4. The van der Waals surface area contributed by atoms with E-state index in [2.05, 4.69) is 6.92 Å². The van der Waals surface area contributed by atoms with Gasteiger partial charge in [-0.05, 0) is 38.0 Å². The summed E-state index contributed by atoms with van der Waals surface area (Å²) in [6.07, 6.45) is 2.08. The predicted octanol–water partition coefficient (Wildman–Crippen LogP) is 2.82. The number of hydrogen-bond donors (Lipinski definition) is 0. The average molecular weight is 226 g/mol. The molecule has 15 heavy (non-hydrogen) atoms. The highest BCUT2D eigenvalue weighted by Gasteiger charge is 2.18. The maximum atomic E-state index is 11.8. The molecule has 0 unspecified atom stereocenters. The van der Waals surface area contributed by atoms with Crippen molar-refractivity contribution in [1.29, 1.82) is 0 Å². The van der Waals surface area contributed by atoms with Crippen molar-refractivity contribution in [1.82, 2.24) is 0 Å². The molecule has 3 heteroatoms. The molecule has 0 bridgehead atoms. The Kier molecular flexibility index (Phi) is 3.91. The highest BCUT2D eigenvalue weighted by Crippen LogP contribution is 2.16. The summed E-state index contributed by atoms with van der Waals surface area (Å²) < 4.78 is 23.6. The Morgan fingerprint density at radius 2 is 1.67 bits per heavy atom. The summed E-state index contributed by atoms with van der Waals surface area (Å²) in [5, 5.41) is -0.352. The molecule has 1 rings (SSSR count). The molecule has 0 atom stereocenters. The highest BCUT2D eigenvalue weighted by atomic mass is 32.2. The van der Waals surface area contributed by atoms with Crippen LogP contribution >= 0.6 is 0 Å². The number of benzene rings is 1. The van der Waals surface area contributed by atoms with Gasteiger partial charge < -0.3 is 0 Å². The molecule has 0 fully saturated rings. The van der Waals surface area contributed by atoms with Gasteiger partial charge in [-0.1, -0.05) is 25.5 Å². The Morgan fingerprint density at radius 1 is 1.13 bits per heavy atom. The lowest BCUT2D eigenvalue weighted by molar-refractivity contribution is 0.587. The standard InChI is InChI=1S/C12H18O2S/c1-4-5-11-6-8-12(9-7-11)15(13,14)10(2)3/h6-10H,4-5H2,1-3H3. The van der Waals surface area contributed by atoms with Gasteiger partial charge >= 0.3 is 0 Å². The van der Waals surface area contributed by atoms with Crippen molar-refractivity contribution in [3.05, 3.63) is 29.8 Å². The van der Waals surface area contributed by atoms with Crippen molar-refractivity contribution in [2.45, 2.75) is 43.8 Å². The quantitative estimate of drug-likeness (QED) is 0.791. The van der Waals surface area contributed by atoms with E-state index in [0.29, 0.717) is 4.90 Å². The third-order valence-corrected chi connectivity index (χ3v) is 4.58. The Balaban J connectivity index is 2.99. The van der Waals surface area contributed by atoms with Crippen molar-refractivity contribution in [3.63, 3.8) is 0 Å². The van der Waals surface area contributed by atoms with E-state index in [9.17, 15) is 8.42 Å². The van der Waals surface area contributed by atoms with Crippen LogP contribution in [0.3, 0.4) is 0 Å². The smallest absolute Gasteiger partial charge is 0.180 e. The van der Waals surface area contributed by atoms with Gasteiger partial charge in [0, 0.05) is 0 Å². The van der Waals surface area contributed by atoms with Crippen LogP contribution in [0.2, 0.25) is 0 Å². The van der Waals surface area contributed by atoms with Crippen molar-refractivity contribution in [2.24, 2.45) is 0 Å². The van der Waals surface area contributed by atoms with Crippen molar-refractivity contribution in [2.75, 3.05) is 0 Å². The lowest BCUT2D eigenvalue weighted by atomic mass is 10.1. The normalized spacial score (nSPS) is 12.0. The molecule has 0 saturated heterocycles. The summed E-state index contributed by atoms with van der Waals surface area (Å²) in [6, 6.07) is 7.22. The molecule has 0 aliphatic carbocycles. The first kappa shape index (κ1) is 12.2. The first-order chi connectivity index (χ1) is 6.98. The van der Waals surface area contributed by atoms with Gasteiger partial charge in [0.25, 0.3) is 0 Å². The van der Waals surface area contributed by atoms with E-state index in [0.717, 1.165) is 12.8 Å². The number of aryl methyl sites for hydroxylation is 1. The van der Waals surface area contributed by atoms with E-state index in [1.807, 2.05) is 12.1 Å². The minimum Gasteiger partial charge on any atom is -0.223 e. The second-order valence-electron chi connectivity index (χ2n) is 3.99. The van der Waals surface area contributed by atoms with Crippen LogP contribution in [0, 0.1) is 0 Å². The maximum absolute atomic E-state index is 11.8. The van der Waals surface area contributed by atoms with Crippen LogP contribution in [0.4, 0.5) is 0 Å². The molecule has 0 aliphatic rings. The molecule has 1 aromatic rings. The minimum absolute atomic E-state index is 0.352. The van der Waals surface area contributed by atoms with Crippen molar-refractivity contribution in [3.8, 4) is 0 Å². The average Bonchev–Trinajstić information content (AvgIpc) is 2.19. The van der Waals surface area contributed by atoms with Gasteiger partial charge in [-0.15, -0.1) is 0 Å². The van der Waals surface area contributed by atoms with Crippen LogP contribution in [0.15, 0.2) is 29.2 Å². The van der Waals surface area contributed by atoms with Crippen LogP contribution in [-0.2, 0) is 16.3 Å². The molecule has 0 aliphatic heterocycles. The summed E-state index contributed by atoms with van der Waals surface area (Å²) in [5.74, 6) is 0. The van der Waals surface area contributed by atoms with E-state index < -0.39 is 9.84 Å². The van der Waals surface area contributed by atoms with Crippen molar-refractivity contribution >= 4 is 9.84 Å². The third-order valence-electron chi connectivity index (χ3n) is 2.41. The summed E-state index contributed by atoms with van der Waals surface area (Å²) in [4.78, 5) is 0.428. The Bertz CT molecular complexity index is 402. The maximum Gasteiger partial charge on any atom is 0.180 e. The predicted molar refractivity (Wildman–Crippen MR) is 62.8 cm³/mol. The van der Waals surface area contributed by atoms with Gasteiger partial charge in [0.1, 0.15) is 0 Å². The van der Waals surface area contributed by atoms with E-state index in [4.69, 9.17) is 0 Å². The first-order valence-electron chi connectivity index (χ1n) is 5.31. The summed E-state index contributed by atoms with van der Waals surface area (Å²) in [6.45, 7) is 5.52. The molecule has 0 spiro atoms. The van der Waals surface area contributed by atoms with E-state index in [1.165, 1.54) is 5.56 Å². The lowest BCUT2D eigenvalue weighted by Gasteiger charge is -2.08. The fourth-order valence-electron chi connectivity index (χ4n) is 1.41. The summed E-state index contributed by atoms with van der Waals surface area (Å²) in [5.41, 5.74) is 1.19. The van der Waals surface area contributed by atoms with Gasteiger partial charge in [-0.2, -0.15) is 0 Å². The molecular weight excluding hydrogens is 208 g/mol. The largest absolute Gasteiger partial charge is 0.223 e. The molecule has 0 saturated carbocycles. The summed E-state index contributed by atoms with van der Waals surface area (Å²) >= 11 is 0. The fraction of sp³-hybridized carbons (Fsp3) is 0.500. The fourth-order valence-corrected chi connectivity index (χ4v) is 2.47. The van der Waals surface area contributed by atoms with Crippen molar-refractivity contribution < 1.29 is 8.42 Å². The molecule has 0 heterocycles. The highest BCUT2D eigenvalue weighted by molar-refractivity contribution is 7.92. The third kappa shape index (κ3) is 2.81. The Labute approximate surface area is 92.2 Å². The van der Waals surface area contributed by atoms with Gasteiger partial charge in [0.2, 0.25) is 0 Å². The molecule has 2 nitrogen and oxygen atoms in total. The molecule has 0 amide bonds. The van der Waals surface area contributed by atoms with E-state index >= 15 is 0 Å². The number of hydrogen-bond acceptors (Lipinski definition) is 2. The molecule has 84 valence electrons. The second-order valence-corrected chi connectivity index (χ2v) is 6.49. The van der Waals surface area contributed by atoms with Gasteiger partial charge in [0.15, 0.2) is 9.84 Å². The Morgan fingerprint density at radius 3 is 2.07 bits per heavy atom. The van der Waals surface area contributed by atoms with Crippen LogP contribution in [-0.4, -0.2) is 13.7 Å². The van der Waals surface area contributed by atoms with Crippen LogP contribution in [0.5, 0.6) is 0 Å². The summed E-state index contributed by atoms with van der Waals surface area (Å²) in [7, 11) is -3.11. The van der Waals surface area contributed by atoms with Crippen LogP contribution in [0.1, 0.15) is 32.8 Å². The van der Waals surface area contributed by atoms with Gasteiger partial charge in [0.05, 0.1) is 10.1 Å². The van der Waals surface area contributed by atoms with Crippen LogP contribution in [0.25, 0.3) is 0 Å². The molecular formula is C12H18O2S. The molecule has 0 aromatic heterocycles. The van der Waals surface area contributed by atoms with E-state index in [-0.39, 0.29) is 5.25 Å². The molecule has 0 radical (unpaired) electrons. The van der Waals surface area contributed by atoms with E-state index in [1.54, 1.807) is 26.0 Å².